The van der Waals surface area contributed by atoms with Crippen LogP contribution in [0.5, 0.6) is 0 Å². The minimum Gasteiger partial charge on any atom is -0.348 e. The number of rotatable bonds is 12. The molecular formula is C36H41N2O3PS. The molecule has 2 N–H and O–H groups in total. The van der Waals surface area contributed by atoms with Crippen molar-refractivity contribution >= 4 is 39.8 Å². The van der Waals surface area contributed by atoms with Crippen LogP contribution in [-0.2, 0) is 16.4 Å². The summed E-state index contributed by atoms with van der Waals surface area (Å²) in [4.78, 5) is 14.1. The predicted octanol–water partition coefficient (Wildman–Crippen LogP) is 5.67. The van der Waals surface area contributed by atoms with Crippen LogP contribution in [0.25, 0.3) is 0 Å². The Morgan fingerprint density at radius 1 is 0.767 bits per heavy atom. The second-order valence-electron chi connectivity index (χ2n) is 11.5. The molecule has 1 fully saturated rings. The number of sulfonamides is 1. The topological polar surface area (TPSA) is 75.3 Å². The Bertz CT molecular complexity index is 1520. The summed E-state index contributed by atoms with van der Waals surface area (Å²) in [5.41, 5.74) is 1.55. The minimum atomic E-state index is -3.65. The molecule has 0 spiro atoms. The maximum absolute atomic E-state index is 14.1. The van der Waals surface area contributed by atoms with E-state index in [0.717, 1.165) is 47.2 Å². The van der Waals surface area contributed by atoms with Crippen molar-refractivity contribution in [2.45, 2.75) is 57.5 Å². The van der Waals surface area contributed by atoms with E-state index in [2.05, 4.69) is 34.3 Å². The summed E-state index contributed by atoms with van der Waals surface area (Å²) in [7, 11) is -4.66. The van der Waals surface area contributed by atoms with Gasteiger partial charge in [0.25, 0.3) is 5.91 Å². The third-order valence-electron chi connectivity index (χ3n) is 8.22. The maximum Gasteiger partial charge on any atom is 0.252 e. The summed E-state index contributed by atoms with van der Waals surface area (Å²) in [5, 5.41) is 6.38. The number of benzene rings is 4. The number of carbonyl (C=O) groups is 1. The van der Waals surface area contributed by atoms with Crippen LogP contribution >= 0.6 is 7.92 Å². The van der Waals surface area contributed by atoms with Gasteiger partial charge in [-0.3, -0.25) is 4.79 Å². The lowest BCUT2D eigenvalue weighted by atomic mass is 9.85. The molecule has 0 heterocycles. The smallest absolute Gasteiger partial charge is 0.252 e. The molecule has 0 aromatic heterocycles. The molecule has 0 saturated heterocycles. The summed E-state index contributed by atoms with van der Waals surface area (Å²) >= 11 is 0. The van der Waals surface area contributed by atoms with Crippen molar-refractivity contribution in [1.82, 2.24) is 10.0 Å². The van der Waals surface area contributed by atoms with Crippen molar-refractivity contribution in [1.29, 1.82) is 0 Å². The molecule has 2 atom stereocenters. The molecule has 4 aromatic rings. The lowest BCUT2D eigenvalue weighted by molar-refractivity contribution is 0.0942. The zero-order chi connectivity index (χ0) is 30.1. The average molecular weight is 613 g/mol. The Labute approximate surface area is 257 Å². The van der Waals surface area contributed by atoms with E-state index in [9.17, 15) is 13.2 Å². The molecule has 1 aliphatic rings. The highest BCUT2D eigenvalue weighted by Crippen LogP contribution is 2.34. The van der Waals surface area contributed by atoms with Crippen molar-refractivity contribution in [3.8, 4) is 0 Å². The van der Waals surface area contributed by atoms with Gasteiger partial charge in [0.05, 0.1) is 5.75 Å². The molecule has 0 radical (unpaired) electrons. The first-order chi connectivity index (χ1) is 20.9. The van der Waals surface area contributed by atoms with E-state index >= 15 is 0 Å². The Hall–Kier alpha value is -3.31. The van der Waals surface area contributed by atoms with Crippen LogP contribution in [0.4, 0.5) is 0 Å². The van der Waals surface area contributed by atoms with Crippen LogP contribution in [0, 0.1) is 5.92 Å². The lowest BCUT2D eigenvalue weighted by Gasteiger charge is -2.29. The molecule has 224 valence electrons. The first-order valence-corrected chi connectivity index (χ1v) is 18.2. The average Bonchev–Trinajstić information content (AvgIpc) is 3.03. The van der Waals surface area contributed by atoms with Gasteiger partial charge >= 0.3 is 0 Å². The van der Waals surface area contributed by atoms with Gasteiger partial charge in [-0.25, -0.2) is 13.1 Å². The van der Waals surface area contributed by atoms with Crippen LogP contribution < -0.4 is 26.0 Å². The monoisotopic (exact) mass is 612 g/mol. The van der Waals surface area contributed by atoms with Gasteiger partial charge in [-0.1, -0.05) is 128 Å². The third kappa shape index (κ3) is 8.63. The SMILES string of the molecule is C[C@H](NS(=O)(=O)C[C@H](Cc1ccccc1)NC(=O)c1ccccc1P(c1ccccc1)c1ccccc1)C1CCCCC1. The predicted molar refractivity (Wildman–Crippen MR) is 180 cm³/mol. The van der Waals surface area contributed by atoms with Crippen molar-refractivity contribution in [3.05, 3.63) is 126 Å². The lowest BCUT2D eigenvalue weighted by Crippen LogP contribution is -2.47. The van der Waals surface area contributed by atoms with Crippen molar-refractivity contribution in [3.63, 3.8) is 0 Å². The van der Waals surface area contributed by atoms with Gasteiger partial charge in [-0.15, -0.1) is 0 Å². The fourth-order valence-electron chi connectivity index (χ4n) is 6.08. The summed E-state index contributed by atoms with van der Waals surface area (Å²) < 4.78 is 29.9. The quantitative estimate of drug-likeness (QED) is 0.203. The molecule has 0 aliphatic heterocycles. The van der Waals surface area contributed by atoms with Crippen LogP contribution in [0.2, 0.25) is 0 Å². The van der Waals surface area contributed by atoms with Crippen LogP contribution in [0.15, 0.2) is 115 Å². The van der Waals surface area contributed by atoms with Gasteiger partial charge in [-0.2, -0.15) is 0 Å². The molecule has 0 unspecified atom stereocenters. The highest BCUT2D eigenvalue weighted by molar-refractivity contribution is 7.89. The molecule has 43 heavy (non-hydrogen) atoms. The van der Waals surface area contributed by atoms with E-state index in [4.69, 9.17) is 0 Å². The van der Waals surface area contributed by atoms with E-state index in [0.29, 0.717) is 17.9 Å². The van der Waals surface area contributed by atoms with E-state index in [1.807, 2.05) is 97.9 Å². The molecule has 5 rings (SSSR count). The van der Waals surface area contributed by atoms with Crippen LogP contribution in [-0.4, -0.2) is 32.2 Å². The summed E-state index contributed by atoms with van der Waals surface area (Å²) in [6.45, 7) is 1.98. The van der Waals surface area contributed by atoms with E-state index in [1.54, 1.807) is 0 Å². The normalized spacial score (nSPS) is 15.6. The van der Waals surface area contributed by atoms with Crippen molar-refractivity contribution in [2.24, 2.45) is 5.92 Å². The fourth-order valence-corrected chi connectivity index (χ4v) is 10.1. The second kappa shape index (κ2) is 14.9. The van der Waals surface area contributed by atoms with Crippen molar-refractivity contribution in [2.75, 3.05) is 5.75 Å². The molecule has 0 bridgehead atoms. The summed E-state index contributed by atoms with van der Waals surface area (Å²) in [5.74, 6) is -0.0851. The Kier molecular flexibility index (Phi) is 10.8. The number of amides is 1. The fraction of sp³-hybridized carbons (Fsp3) is 0.306. The largest absolute Gasteiger partial charge is 0.348 e. The molecular weight excluding hydrogens is 571 g/mol. The van der Waals surface area contributed by atoms with Gasteiger partial charge in [0.2, 0.25) is 10.0 Å². The van der Waals surface area contributed by atoms with E-state index in [1.165, 1.54) is 6.42 Å². The first-order valence-electron chi connectivity index (χ1n) is 15.2. The number of nitrogens with one attached hydrogen (secondary N) is 2. The molecule has 1 saturated carbocycles. The second-order valence-corrected chi connectivity index (χ2v) is 15.5. The van der Waals surface area contributed by atoms with Crippen LogP contribution in [0.3, 0.4) is 0 Å². The summed E-state index contributed by atoms with van der Waals surface area (Å²) in [6, 6.07) is 37.3. The zero-order valence-corrected chi connectivity index (χ0v) is 26.4. The summed E-state index contributed by atoms with van der Waals surface area (Å²) in [6.07, 6.45) is 6.04. The molecule has 5 nitrogen and oxygen atoms in total. The highest BCUT2D eigenvalue weighted by atomic mass is 32.2. The third-order valence-corrected chi connectivity index (χ3v) is 12.3. The first kappa shape index (κ1) is 31.1. The molecule has 4 aromatic carbocycles. The Balaban J connectivity index is 1.42. The number of hydrogen-bond donors (Lipinski definition) is 2. The molecule has 1 aliphatic carbocycles. The molecule has 7 heteroatoms. The van der Waals surface area contributed by atoms with Gasteiger partial charge in [0, 0.05) is 17.6 Å². The standard InChI is InChI=1S/C36H41N2O3PS/c1-28(30-18-8-3-9-19-30)38-43(40,41)27-31(26-29-16-6-2-7-17-29)37-36(39)34-24-14-15-25-35(34)42(32-20-10-4-11-21-32)33-22-12-5-13-23-33/h2,4-7,10-17,20-25,28,30-31,38H,3,8-9,18-19,26-27H2,1H3,(H,37,39)/t28-,31-/m0/s1. The van der Waals surface area contributed by atoms with E-state index in [-0.39, 0.29) is 17.7 Å². The maximum atomic E-state index is 14.1. The number of hydrogen-bond acceptors (Lipinski definition) is 3. The van der Waals surface area contributed by atoms with Crippen molar-refractivity contribution < 1.29 is 13.2 Å². The Morgan fingerprint density at radius 2 is 1.30 bits per heavy atom. The number of carbonyl (C=O) groups excluding carboxylic acids is 1. The highest BCUT2D eigenvalue weighted by Gasteiger charge is 2.29. The van der Waals surface area contributed by atoms with Gasteiger partial charge in [-0.05, 0) is 67.6 Å². The van der Waals surface area contributed by atoms with Gasteiger partial charge in [0.15, 0.2) is 0 Å². The molecule has 1 amide bonds. The van der Waals surface area contributed by atoms with Gasteiger partial charge in [0.1, 0.15) is 0 Å². The van der Waals surface area contributed by atoms with E-state index < -0.39 is 24.0 Å². The minimum absolute atomic E-state index is 0.126. The Morgan fingerprint density at radius 3 is 1.91 bits per heavy atom. The zero-order valence-electron chi connectivity index (χ0n) is 24.7. The van der Waals surface area contributed by atoms with Crippen LogP contribution in [0.1, 0.15) is 54.9 Å². The van der Waals surface area contributed by atoms with Gasteiger partial charge < -0.3 is 5.32 Å².